The van der Waals surface area contributed by atoms with Crippen molar-refractivity contribution in [2.75, 3.05) is 13.1 Å². The summed E-state index contributed by atoms with van der Waals surface area (Å²) < 4.78 is 1.81. The predicted molar refractivity (Wildman–Crippen MR) is 57.1 cm³/mol. The summed E-state index contributed by atoms with van der Waals surface area (Å²) in [5.74, 6) is -0.117. The van der Waals surface area contributed by atoms with Gasteiger partial charge in [0.25, 0.3) is 5.91 Å². The zero-order chi connectivity index (χ0) is 11.1. The van der Waals surface area contributed by atoms with Gasteiger partial charge in [0, 0.05) is 25.5 Å². The minimum atomic E-state index is -0.374. The highest BCUT2D eigenvalue weighted by Crippen LogP contribution is 2.13. The number of aliphatic hydroxyl groups excluding tert-OH is 1. The zero-order valence-corrected chi connectivity index (χ0v) is 8.58. The maximum absolute atomic E-state index is 11.9. The molecule has 0 radical (unpaired) electrons. The number of fused-ring (bicyclic) bond motifs is 1. The van der Waals surface area contributed by atoms with E-state index in [2.05, 4.69) is 4.98 Å². The Hall–Kier alpha value is -1.88. The van der Waals surface area contributed by atoms with Crippen LogP contribution in [0.4, 0.5) is 0 Å². The highest BCUT2D eigenvalue weighted by atomic mass is 16.3. The van der Waals surface area contributed by atoms with Gasteiger partial charge < -0.3 is 14.4 Å². The summed E-state index contributed by atoms with van der Waals surface area (Å²) in [6, 6.07) is 5.61. The number of aliphatic hydroxyl groups is 1. The lowest BCUT2D eigenvalue weighted by Crippen LogP contribution is -2.53. The second kappa shape index (κ2) is 3.31. The first-order chi connectivity index (χ1) is 7.74. The van der Waals surface area contributed by atoms with E-state index in [1.807, 2.05) is 28.8 Å². The first-order valence-corrected chi connectivity index (χ1v) is 5.15. The number of amides is 1. The maximum Gasteiger partial charge on any atom is 0.274 e. The number of hydrogen-bond acceptors (Lipinski definition) is 3. The Morgan fingerprint density at radius 3 is 2.94 bits per heavy atom. The van der Waals surface area contributed by atoms with Crippen molar-refractivity contribution in [2.24, 2.45) is 0 Å². The summed E-state index contributed by atoms with van der Waals surface area (Å²) in [4.78, 5) is 17.7. The van der Waals surface area contributed by atoms with E-state index in [0.717, 1.165) is 5.65 Å². The number of likely N-dealkylation sites (tertiary alicyclic amines) is 1. The van der Waals surface area contributed by atoms with Gasteiger partial charge in [-0.1, -0.05) is 6.07 Å². The van der Waals surface area contributed by atoms with Crippen LogP contribution in [-0.4, -0.2) is 44.5 Å². The SMILES string of the molecule is O=C(c1cn2ccccc2n1)N1CC(O)C1. The van der Waals surface area contributed by atoms with E-state index >= 15 is 0 Å². The number of rotatable bonds is 1. The minimum absolute atomic E-state index is 0.117. The molecule has 5 heteroatoms. The molecule has 1 aliphatic heterocycles. The van der Waals surface area contributed by atoms with Crippen molar-refractivity contribution in [3.05, 3.63) is 36.3 Å². The van der Waals surface area contributed by atoms with Crippen LogP contribution < -0.4 is 0 Å². The predicted octanol–water partition coefficient (Wildman–Crippen LogP) is 0.151. The van der Waals surface area contributed by atoms with E-state index in [4.69, 9.17) is 5.11 Å². The maximum atomic E-state index is 11.9. The molecule has 1 aliphatic rings. The fraction of sp³-hybridized carbons (Fsp3) is 0.273. The second-order valence-electron chi connectivity index (χ2n) is 3.96. The van der Waals surface area contributed by atoms with Gasteiger partial charge in [0.15, 0.2) is 0 Å². The third-order valence-corrected chi connectivity index (χ3v) is 2.73. The molecular weight excluding hydrogens is 206 g/mol. The van der Waals surface area contributed by atoms with Crippen LogP contribution in [0.5, 0.6) is 0 Å². The number of nitrogens with zero attached hydrogens (tertiary/aromatic N) is 3. The lowest BCUT2D eigenvalue weighted by molar-refractivity contribution is 0.00555. The van der Waals surface area contributed by atoms with Gasteiger partial charge in [0.2, 0.25) is 0 Å². The summed E-state index contributed by atoms with van der Waals surface area (Å²) in [7, 11) is 0. The lowest BCUT2D eigenvalue weighted by Gasteiger charge is -2.35. The molecule has 0 aliphatic carbocycles. The number of aromatic nitrogens is 2. The summed E-state index contributed by atoms with van der Waals surface area (Å²) in [5.41, 5.74) is 1.19. The fourth-order valence-electron chi connectivity index (χ4n) is 1.82. The molecule has 2 aromatic rings. The quantitative estimate of drug-likeness (QED) is 0.739. The van der Waals surface area contributed by atoms with Crippen molar-refractivity contribution in [3.63, 3.8) is 0 Å². The van der Waals surface area contributed by atoms with Gasteiger partial charge in [-0.2, -0.15) is 0 Å². The zero-order valence-electron chi connectivity index (χ0n) is 8.58. The Balaban J connectivity index is 1.91. The molecule has 3 rings (SSSR count). The molecule has 1 amide bonds. The number of imidazole rings is 1. The van der Waals surface area contributed by atoms with E-state index in [-0.39, 0.29) is 12.0 Å². The van der Waals surface area contributed by atoms with Crippen LogP contribution in [-0.2, 0) is 0 Å². The molecular formula is C11H11N3O2. The lowest BCUT2D eigenvalue weighted by atomic mass is 10.1. The average Bonchev–Trinajstić information content (AvgIpc) is 2.67. The largest absolute Gasteiger partial charge is 0.389 e. The normalized spacial score (nSPS) is 16.4. The van der Waals surface area contributed by atoms with Gasteiger partial charge in [-0.05, 0) is 12.1 Å². The Labute approximate surface area is 91.9 Å². The molecule has 0 saturated carbocycles. The number of carbonyl (C=O) groups excluding carboxylic acids is 1. The van der Waals surface area contributed by atoms with Gasteiger partial charge in [-0.3, -0.25) is 4.79 Å². The molecule has 1 fully saturated rings. The Kier molecular flexibility index (Phi) is 1.94. The highest BCUT2D eigenvalue weighted by molar-refractivity contribution is 5.93. The van der Waals surface area contributed by atoms with E-state index in [9.17, 15) is 4.79 Å². The Bertz CT molecular complexity index is 510. The summed E-state index contributed by atoms with van der Waals surface area (Å²) >= 11 is 0. The van der Waals surface area contributed by atoms with Crippen molar-refractivity contribution in [3.8, 4) is 0 Å². The van der Waals surface area contributed by atoms with Crippen molar-refractivity contribution in [1.29, 1.82) is 0 Å². The smallest absolute Gasteiger partial charge is 0.274 e. The van der Waals surface area contributed by atoms with Gasteiger partial charge >= 0.3 is 0 Å². The third kappa shape index (κ3) is 1.37. The van der Waals surface area contributed by atoms with Crippen LogP contribution in [0.3, 0.4) is 0 Å². The molecule has 0 aromatic carbocycles. The van der Waals surface area contributed by atoms with Gasteiger partial charge in [0.05, 0.1) is 6.10 Å². The number of carbonyl (C=O) groups is 1. The third-order valence-electron chi connectivity index (χ3n) is 2.73. The summed E-state index contributed by atoms with van der Waals surface area (Å²) in [6.07, 6.45) is 3.19. The van der Waals surface area contributed by atoms with Crippen LogP contribution in [0.2, 0.25) is 0 Å². The first kappa shape index (κ1) is 9.35. The van der Waals surface area contributed by atoms with Gasteiger partial charge in [0.1, 0.15) is 11.3 Å². The molecule has 2 aromatic heterocycles. The van der Waals surface area contributed by atoms with E-state index < -0.39 is 0 Å². The van der Waals surface area contributed by atoms with Crippen molar-refractivity contribution in [1.82, 2.24) is 14.3 Å². The fourth-order valence-corrected chi connectivity index (χ4v) is 1.82. The first-order valence-electron chi connectivity index (χ1n) is 5.15. The molecule has 82 valence electrons. The van der Waals surface area contributed by atoms with Crippen LogP contribution in [0.1, 0.15) is 10.5 Å². The molecule has 1 N–H and O–H groups in total. The Morgan fingerprint density at radius 2 is 2.25 bits per heavy atom. The molecule has 5 nitrogen and oxygen atoms in total. The van der Waals surface area contributed by atoms with Crippen molar-refractivity contribution >= 4 is 11.6 Å². The summed E-state index contributed by atoms with van der Waals surface area (Å²) in [6.45, 7) is 0.819. The van der Waals surface area contributed by atoms with Crippen LogP contribution in [0.25, 0.3) is 5.65 Å². The average molecular weight is 217 g/mol. The van der Waals surface area contributed by atoms with Crippen LogP contribution in [0.15, 0.2) is 30.6 Å². The number of hydrogen-bond donors (Lipinski definition) is 1. The second-order valence-corrected chi connectivity index (χ2v) is 3.96. The summed E-state index contributed by atoms with van der Waals surface area (Å²) in [5, 5.41) is 9.13. The van der Waals surface area contributed by atoms with E-state index in [1.54, 1.807) is 11.1 Å². The number of pyridine rings is 1. The standard InChI is InChI=1S/C11H11N3O2/c15-8-5-14(6-8)11(16)9-7-13-4-2-1-3-10(13)12-9/h1-4,7-8,15H,5-6H2. The molecule has 0 bridgehead atoms. The molecule has 0 unspecified atom stereocenters. The molecule has 1 saturated heterocycles. The van der Waals surface area contributed by atoms with Gasteiger partial charge in [-0.25, -0.2) is 4.98 Å². The topological polar surface area (TPSA) is 57.8 Å². The minimum Gasteiger partial charge on any atom is -0.389 e. The number of β-amino-alcohol motifs (C(OH)–C–C–N with tert-alkyl or cyclic N) is 1. The van der Waals surface area contributed by atoms with Crippen LogP contribution >= 0.6 is 0 Å². The van der Waals surface area contributed by atoms with Crippen molar-refractivity contribution in [2.45, 2.75) is 6.10 Å². The molecule has 16 heavy (non-hydrogen) atoms. The Morgan fingerprint density at radius 1 is 1.44 bits per heavy atom. The van der Waals surface area contributed by atoms with E-state index in [1.165, 1.54) is 0 Å². The molecule has 0 atom stereocenters. The molecule has 0 spiro atoms. The van der Waals surface area contributed by atoms with E-state index in [0.29, 0.717) is 18.8 Å². The van der Waals surface area contributed by atoms with Crippen LogP contribution in [0, 0.1) is 0 Å². The van der Waals surface area contributed by atoms with Gasteiger partial charge in [-0.15, -0.1) is 0 Å². The van der Waals surface area contributed by atoms with Crippen molar-refractivity contribution < 1.29 is 9.90 Å². The monoisotopic (exact) mass is 217 g/mol. The highest BCUT2D eigenvalue weighted by Gasteiger charge is 2.30. The molecule has 3 heterocycles.